The summed E-state index contributed by atoms with van der Waals surface area (Å²) < 4.78 is 78.7. The van der Waals surface area contributed by atoms with Crippen molar-refractivity contribution in [2.75, 3.05) is 0 Å². The summed E-state index contributed by atoms with van der Waals surface area (Å²) in [4.78, 5) is 2.14. The van der Waals surface area contributed by atoms with Gasteiger partial charge in [-0.1, -0.05) is 24.3 Å². The fourth-order valence-electron chi connectivity index (χ4n) is 3.02. The molecule has 0 amide bonds. The van der Waals surface area contributed by atoms with E-state index in [0.717, 1.165) is 18.2 Å². The highest BCUT2D eigenvalue weighted by atomic mass is 32.2. The van der Waals surface area contributed by atoms with E-state index in [2.05, 4.69) is 4.98 Å². The summed E-state index contributed by atoms with van der Waals surface area (Å²) in [7, 11) is -4.35. The molecule has 4 nitrogen and oxygen atoms in total. The Morgan fingerprint density at radius 3 is 2.42 bits per heavy atom. The van der Waals surface area contributed by atoms with Crippen molar-refractivity contribution in [3.05, 3.63) is 65.6 Å². The molecule has 0 aliphatic rings. The average Bonchev–Trinajstić information content (AvgIpc) is 2.95. The molecule has 1 aromatic heterocycles. The molecule has 138 valence electrons. The summed E-state index contributed by atoms with van der Waals surface area (Å²) in [6, 6.07) is 8.84. The molecule has 0 aliphatic carbocycles. The van der Waals surface area contributed by atoms with Crippen LogP contribution in [0.5, 0.6) is 0 Å². The van der Waals surface area contributed by atoms with Gasteiger partial charge < -0.3 is 4.98 Å². The first-order chi connectivity index (χ1) is 12.1. The van der Waals surface area contributed by atoms with E-state index < -0.39 is 44.8 Å². The molecule has 26 heavy (non-hydrogen) atoms. The molecule has 0 bridgehead atoms. The van der Waals surface area contributed by atoms with Gasteiger partial charge in [-0.25, -0.2) is 17.9 Å². The van der Waals surface area contributed by atoms with Gasteiger partial charge in [0.2, 0.25) is 10.0 Å². The van der Waals surface area contributed by atoms with E-state index in [-0.39, 0.29) is 10.9 Å². The van der Waals surface area contributed by atoms with Crippen LogP contribution in [-0.2, 0) is 16.4 Å². The number of hydrogen-bond donors (Lipinski definition) is 2. The van der Waals surface area contributed by atoms with Crippen LogP contribution in [0.25, 0.3) is 10.9 Å². The standard InChI is InChI=1S/C17H14F4N2O2S/c18-13-5-3-6-14-16(13)10(9-23-14)8-12(17(19,20)21)11-4-1-2-7-15(11)26(22,24)25/h1-7,9,12,23H,8H2,(H2,22,24,25). The second-order valence-corrected chi connectivity index (χ2v) is 7.39. The number of H-pyrrole nitrogens is 1. The number of halogens is 4. The number of primary sulfonamides is 1. The van der Waals surface area contributed by atoms with Crippen LogP contribution in [-0.4, -0.2) is 19.6 Å². The van der Waals surface area contributed by atoms with Gasteiger partial charge in [0.25, 0.3) is 0 Å². The molecule has 1 atom stereocenters. The van der Waals surface area contributed by atoms with Crippen molar-refractivity contribution in [3.8, 4) is 0 Å². The highest BCUT2D eigenvalue weighted by Crippen LogP contribution is 2.41. The van der Waals surface area contributed by atoms with E-state index >= 15 is 0 Å². The van der Waals surface area contributed by atoms with Gasteiger partial charge >= 0.3 is 6.18 Å². The second-order valence-electron chi connectivity index (χ2n) is 5.86. The highest BCUT2D eigenvalue weighted by molar-refractivity contribution is 7.89. The van der Waals surface area contributed by atoms with Crippen molar-refractivity contribution in [2.24, 2.45) is 5.14 Å². The topological polar surface area (TPSA) is 76.0 Å². The molecule has 1 heterocycles. The minimum Gasteiger partial charge on any atom is -0.361 e. The predicted molar refractivity (Wildman–Crippen MR) is 88.6 cm³/mol. The van der Waals surface area contributed by atoms with Crippen molar-refractivity contribution < 1.29 is 26.0 Å². The third-order valence-electron chi connectivity index (χ3n) is 4.16. The van der Waals surface area contributed by atoms with Crippen LogP contribution in [0.4, 0.5) is 17.6 Å². The van der Waals surface area contributed by atoms with Crippen molar-refractivity contribution >= 4 is 20.9 Å². The molecule has 9 heteroatoms. The first-order valence-electron chi connectivity index (χ1n) is 7.52. The summed E-state index contributed by atoms with van der Waals surface area (Å²) in [5.41, 5.74) is -0.00140. The lowest BCUT2D eigenvalue weighted by atomic mass is 9.91. The van der Waals surface area contributed by atoms with Gasteiger partial charge in [-0.3, -0.25) is 0 Å². The SMILES string of the molecule is NS(=O)(=O)c1ccccc1C(Cc1c[nH]c2cccc(F)c12)C(F)(F)F. The minimum atomic E-state index is -4.75. The lowest BCUT2D eigenvalue weighted by Gasteiger charge is -2.22. The quantitative estimate of drug-likeness (QED) is 0.669. The number of hydrogen-bond acceptors (Lipinski definition) is 2. The molecule has 3 N–H and O–H groups in total. The van der Waals surface area contributed by atoms with E-state index in [9.17, 15) is 26.0 Å². The van der Waals surface area contributed by atoms with Crippen LogP contribution in [0, 0.1) is 5.82 Å². The monoisotopic (exact) mass is 386 g/mol. The van der Waals surface area contributed by atoms with Crippen LogP contribution in [0.1, 0.15) is 17.0 Å². The molecular formula is C17H14F4N2O2S. The second kappa shape index (κ2) is 6.40. The Kier molecular flexibility index (Phi) is 4.53. The maximum Gasteiger partial charge on any atom is 0.396 e. The lowest BCUT2D eigenvalue weighted by Crippen LogP contribution is -2.26. The van der Waals surface area contributed by atoms with E-state index in [0.29, 0.717) is 5.52 Å². The molecule has 0 radical (unpaired) electrons. The smallest absolute Gasteiger partial charge is 0.361 e. The van der Waals surface area contributed by atoms with Gasteiger partial charge in [0.05, 0.1) is 10.8 Å². The molecule has 0 saturated carbocycles. The average molecular weight is 386 g/mol. The summed E-state index contributed by atoms with van der Waals surface area (Å²) in [5.74, 6) is -2.81. The van der Waals surface area contributed by atoms with E-state index in [4.69, 9.17) is 5.14 Å². The Hall–Kier alpha value is -2.39. The van der Waals surface area contributed by atoms with Crippen LogP contribution in [0.3, 0.4) is 0 Å². The summed E-state index contributed by atoms with van der Waals surface area (Å²) in [6.07, 6.45) is -4.08. The molecule has 2 aromatic carbocycles. The van der Waals surface area contributed by atoms with Gasteiger partial charge in [0.1, 0.15) is 5.82 Å². The number of alkyl halides is 3. The van der Waals surface area contributed by atoms with Gasteiger partial charge in [0, 0.05) is 17.1 Å². The van der Waals surface area contributed by atoms with Gasteiger partial charge in [-0.2, -0.15) is 13.2 Å². The normalized spacial score (nSPS) is 13.9. The maximum absolute atomic E-state index is 14.1. The van der Waals surface area contributed by atoms with Gasteiger partial charge in [0.15, 0.2) is 0 Å². The third kappa shape index (κ3) is 3.45. The molecule has 0 saturated heterocycles. The molecule has 3 rings (SSSR count). The molecule has 0 aliphatic heterocycles. The van der Waals surface area contributed by atoms with E-state index in [1.165, 1.54) is 24.4 Å². The first-order valence-corrected chi connectivity index (χ1v) is 9.06. The third-order valence-corrected chi connectivity index (χ3v) is 5.14. The number of aromatic amines is 1. The number of nitrogens with two attached hydrogens (primary N) is 1. The fourth-order valence-corrected chi connectivity index (χ4v) is 3.83. The van der Waals surface area contributed by atoms with Crippen LogP contribution in [0.2, 0.25) is 0 Å². The molecule has 0 fully saturated rings. The number of rotatable bonds is 4. The number of fused-ring (bicyclic) bond motifs is 1. The summed E-state index contributed by atoms with van der Waals surface area (Å²) in [5, 5.41) is 5.12. The zero-order chi connectivity index (χ0) is 19.1. The Bertz CT molecular complexity index is 1060. The summed E-state index contributed by atoms with van der Waals surface area (Å²) >= 11 is 0. The Morgan fingerprint density at radius 2 is 1.77 bits per heavy atom. The Labute approximate surface area is 146 Å². The van der Waals surface area contributed by atoms with Crippen LogP contribution >= 0.6 is 0 Å². The van der Waals surface area contributed by atoms with Gasteiger partial charge in [-0.05, 0) is 35.7 Å². The summed E-state index contributed by atoms with van der Waals surface area (Å²) in [6.45, 7) is 0. The fraction of sp³-hybridized carbons (Fsp3) is 0.176. The highest BCUT2D eigenvalue weighted by Gasteiger charge is 2.43. The minimum absolute atomic E-state index is 0.0508. The van der Waals surface area contributed by atoms with Crippen molar-refractivity contribution in [2.45, 2.75) is 23.4 Å². The van der Waals surface area contributed by atoms with Gasteiger partial charge in [-0.15, -0.1) is 0 Å². The number of nitrogens with one attached hydrogen (secondary N) is 1. The molecule has 0 spiro atoms. The first kappa shape index (κ1) is 18.4. The van der Waals surface area contributed by atoms with E-state index in [1.807, 2.05) is 0 Å². The van der Waals surface area contributed by atoms with E-state index in [1.54, 1.807) is 6.07 Å². The Morgan fingerprint density at radius 1 is 1.08 bits per heavy atom. The van der Waals surface area contributed by atoms with Crippen molar-refractivity contribution in [3.63, 3.8) is 0 Å². The zero-order valence-electron chi connectivity index (χ0n) is 13.2. The van der Waals surface area contributed by atoms with Crippen LogP contribution in [0.15, 0.2) is 53.6 Å². The molecule has 1 unspecified atom stereocenters. The largest absolute Gasteiger partial charge is 0.396 e. The lowest BCUT2D eigenvalue weighted by molar-refractivity contribution is -0.150. The predicted octanol–water partition coefficient (Wildman–Crippen LogP) is 3.84. The van der Waals surface area contributed by atoms with Crippen molar-refractivity contribution in [1.82, 2.24) is 4.98 Å². The van der Waals surface area contributed by atoms with Crippen molar-refractivity contribution in [1.29, 1.82) is 0 Å². The maximum atomic E-state index is 14.1. The molecule has 3 aromatic rings. The Balaban J connectivity index is 2.15. The zero-order valence-corrected chi connectivity index (χ0v) is 14.0. The van der Waals surface area contributed by atoms with Crippen LogP contribution < -0.4 is 5.14 Å². The number of sulfonamides is 1. The molecular weight excluding hydrogens is 372 g/mol. The number of aromatic nitrogens is 1. The number of benzene rings is 2.